The molecule has 0 aliphatic carbocycles. The molecule has 1 N–H and O–H groups in total. The summed E-state index contributed by atoms with van der Waals surface area (Å²) in [6.45, 7) is 7.39. The number of rotatable bonds is 7. The maximum atomic E-state index is 12.8. The van der Waals surface area contributed by atoms with Crippen molar-refractivity contribution < 1.29 is 4.79 Å². The predicted octanol–water partition coefficient (Wildman–Crippen LogP) is 2.67. The minimum absolute atomic E-state index is 0.000358. The summed E-state index contributed by atoms with van der Waals surface area (Å²) >= 11 is 1.68. The lowest BCUT2D eigenvalue weighted by atomic mass is 10.0. The summed E-state index contributed by atoms with van der Waals surface area (Å²) < 4.78 is 1.73. The molecule has 0 aromatic carbocycles. The Kier molecular flexibility index (Phi) is 6.01. The van der Waals surface area contributed by atoms with Gasteiger partial charge < -0.3 is 5.32 Å². The summed E-state index contributed by atoms with van der Waals surface area (Å²) in [5.74, 6) is 0.000358. The SMILES string of the molecule is CCc1ccc(CN2CCc3c(C(=O)N[C@@H](C)Cn4cncn4)csc3C2)nc1. The second-order valence-corrected chi connectivity index (χ2v) is 8.48. The average molecular weight is 411 g/mol. The van der Waals surface area contributed by atoms with E-state index in [-0.39, 0.29) is 11.9 Å². The zero-order valence-corrected chi connectivity index (χ0v) is 17.7. The smallest absolute Gasteiger partial charge is 0.252 e. The predicted molar refractivity (Wildman–Crippen MR) is 113 cm³/mol. The van der Waals surface area contributed by atoms with Gasteiger partial charge in [0.2, 0.25) is 0 Å². The van der Waals surface area contributed by atoms with Crippen LogP contribution in [0.4, 0.5) is 0 Å². The number of carbonyl (C=O) groups is 1. The van der Waals surface area contributed by atoms with Crippen molar-refractivity contribution in [1.82, 2.24) is 30.0 Å². The van der Waals surface area contributed by atoms with Crippen LogP contribution in [0.5, 0.6) is 0 Å². The van der Waals surface area contributed by atoms with Crippen LogP contribution in [-0.4, -0.2) is 43.1 Å². The number of fused-ring (bicyclic) bond motifs is 1. The van der Waals surface area contributed by atoms with Crippen molar-refractivity contribution in [2.45, 2.75) is 52.4 Å². The molecule has 0 saturated carbocycles. The summed E-state index contributed by atoms with van der Waals surface area (Å²) in [5, 5.41) is 9.18. The first kappa shape index (κ1) is 19.7. The fraction of sp³-hybridized carbons (Fsp3) is 0.429. The molecule has 152 valence electrons. The van der Waals surface area contributed by atoms with E-state index < -0.39 is 0 Å². The summed E-state index contributed by atoms with van der Waals surface area (Å²) in [5.41, 5.74) is 4.38. The van der Waals surface area contributed by atoms with Gasteiger partial charge in [-0.2, -0.15) is 5.10 Å². The fourth-order valence-electron chi connectivity index (χ4n) is 3.65. The number of aromatic nitrogens is 4. The molecule has 3 aromatic rings. The Morgan fingerprint density at radius 2 is 2.28 bits per heavy atom. The Hall–Kier alpha value is -2.58. The molecule has 1 amide bonds. The molecular weight excluding hydrogens is 384 g/mol. The summed E-state index contributed by atoms with van der Waals surface area (Å²) in [6.07, 6.45) is 7.04. The minimum Gasteiger partial charge on any atom is -0.348 e. The molecule has 3 aromatic heterocycles. The highest BCUT2D eigenvalue weighted by atomic mass is 32.1. The third-order valence-corrected chi connectivity index (χ3v) is 6.27. The van der Waals surface area contributed by atoms with Gasteiger partial charge in [0, 0.05) is 42.1 Å². The highest BCUT2D eigenvalue weighted by molar-refractivity contribution is 7.10. The Morgan fingerprint density at radius 1 is 1.38 bits per heavy atom. The van der Waals surface area contributed by atoms with Crippen LogP contribution < -0.4 is 5.32 Å². The van der Waals surface area contributed by atoms with E-state index in [9.17, 15) is 4.79 Å². The molecule has 0 unspecified atom stereocenters. The van der Waals surface area contributed by atoms with Gasteiger partial charge in [-0.1, -0.05) is 13.0 Å². The second kappa shape index (κ2) is 8.84. The Morgan fingerprint density at radius 3 is 3.00 bits per heavy atom. The van der Waals surface area contributed by atoms with Crippen molar-refractivity contribution in [3.63, 3.8) is 0 Å². The molecule has 4 rings (SSSR count). The van der Waals surface area contributed by atoms with Crippen LogP contribution in [0.2, 0.25) is 0 Å². The van der Waals surface area contributed by atoms with Crippen LogP contribution in [0.3, 0.4) is 0 Å². The molecule has 1 aliphatic rings. The van der Waals surface area contributed by atoms with Gasteiger partial charge in [-0.25, -0.2) is 4.98 Å². The fourth-order valence-corrected chi connectivity index (χ4v) is 4.77. The van der Waals surface area contributed by atoms with Crippen LogP contribution >= 0.6 is 11.3 Å². The molecular formula is C21H26N6OS. The quantitative estimate of drug-likeness (QED) is 0.648. The second-order valence-electron chi connectivity index (χ2n) is 7.52. The zero-order valence-electron chi connectivity index (χ0n) is 16.8. The lowest BCUT2D eigenvalue weighted by Crippen LogP contribution is -2.37. The molecule has 8 heteroatoms. The molecule has 1 atom stereocenters. The first-order valence-electron chi connectivity index (χ1n) is 10.0. The minimum atomic E-state index is -0.0167. The highest BCUT2D eigenvalue weighted by Crippen LogP contribution is 2.29. The van der Waals surface area contributed by atoms with Gasteiger partial charge in [0.05, 0.1) is 17.8 Å². The van der Waals surface area contributed by atoms with Crippen LogP contribution in [-0.2, 0) is 32.5 Å². The summed E-state index contributed by atoms with van der Waals surface area (Å²) in [6, 6.07) is 4.27. The van der Waals surface area contributed by atoms with Crippen molar-refractivity contribution in [3.8, 4) is 0 Å². The van der Waals surface area contributed by atoms with Gasteiger partial charge in [0.25, 0.3) is 5.91 Å². The first-order chi connectivity index (χ1) is 14.1. The molecule has 1 aliphatic heterocycles. The van der Waals surface area contributed by atoms with E-state index >= 15 is 0 Å². The number of nitrogens with one attached hydrogen (secondary N) is 1. The standard InChI is InChI=1S/C21H26N6OS/c1-3-16-4-5-17(23-8-16)10-26-7-6-18-19(12-29-20(18)11-26)21(28)25-15(2)9-27-14-22-13-24-27/h4-5,8,12-15H,3,6-7,9-11H2,1-2H3,(H,25,28)/t15-/m0/s1. The molecule has 0 radical (unpaired) electrons. The van der Waals surface area contributed by atoms with Crippen molar-refractivity contribution in [2.24, 2.45) is 0 Å². The topological polar surface area (TPSA) is 75.9 Å². The van der Waals surface area contributed by atoms with Crippen LogP contribution in [0, 0.1) is 0 Å². The van der Waals surface area contributed by atoms with Crippen LogP contribution in [0.1, 0.15) is 45.9 Å². The summed E-state index contributed by atoms with van der Waals surface area (Å²) in [7, 11) is 0. The van der Waals surface area contributed by atoms with Gasteiger partial charge in [-0.3, -0.25) is 19.4 Å². The number of thiophene rings is 1. The number of aryl methyl sites for hydroxylation is 1. The molecule has 0 fully saturated rings. The van der Waals surface area contributed by atoms with Crippen LogP contribution in [0.15, 0.2) is 36.4 Å². The lowest BCUT2D eigenvalue weighted by Gasteiger charge is -2.27. The number of hydrogen-bond acceptors (Lipinski definition) is 6. The van der Waals surface area contributed by atoms with E-state index in [0.717, 1.165) is 43.7 Å². The first-order valence-corrected chi connectivity index (χ1v) is 10.9. The Bertz CT molecular complexity index is 950. The highest BCUT2D eigenvalue weighted by Gasteiger charge is 2.24. The van der Waals surface area contributed by atoms with E-state index in [4.69, 9.17) is 0 Å². The number of hydrogen-bond donors (Lipinski definition) is 1. The molecule has 0 spiro atoms. The van der Waals surface area contributed by atoms with Gasteiger partial charge in [-0.05, 0) is 37.0 Å². The van der Waals surface area contributed by atoms with E-state index in [0.29, 0.717) is 6.54 Å². The number of amides is 1. The Labute approximate surface area is 174 Å². The van der Waals surface area contributed by atoms with Gasteiger partial charge in [-0.15, -0.1) is 11.3 Å². The zero-order chi connectivity index (χ0) is 20.2. The van der Waals surface area contributed by atoms with E-state index in [1.54, 1.807) is 22.3 Å². The van der Waals surface area contributed by atoms with Gasteiger partial charge in [0.1, 0.15) is 12.7 Å². The maximum absolute atomic E-state index is 12.8. The summed E-state index contributed by atoms with van der Waals surface area (Å²) in [4.78, 5) is 25.0. The van der Waals surface area contributed by atoms with Crippen molar-refractivity contribution in [3.05, 3.63) is 63.6 Å². The third kappa shape index (κ3) is 4.71. The van der Waals surface area contributed by atoms with Crippen molar-refractivity contribution in [1.29, 1.82) is 0 Å². The third-order valence-electron chi connectivity index (χ3n) is 5.26. The largest absolute Gasteiger partial charge is 0.348 e. The number of pyridine rings is 1. The molecule has 0 saturated heterocycles. The van der Waals surface area contributed by atoms with Crippen LogP contribution in [0.25, 0.3) is 0 Å². The van der Waals surface area contributed by atoms with Crippen molar-refractivity contribution in [2.75, 3.05) is 6.54 Å². The molecule has 0 bridgehead atoms. The molecule has 4 heterocycles. The molecule has 7 nitrogen and oxygen atoms in total. The number of nitrogens with zero attached hydrogens (tertiary/aromatic N) is 5. The van der Waals surface area contributed by atoms with E-state index in [2.05, 4.69) is 44.3 Å². The van der Waals surface area contributed by atoms with Crippen molar-refractivity contribution >= 4 is 17.2 Å². The molecule has 29 heavy (non-hydrogen) atoms. The Balaban J connectivity index is 1.36. The monoisotopic (exact) mass is 410 g/mol. The lowest BCUT2D eigenvalue weighted by molar-refractivity contribution is 0.0934. The normalized spacial score (nSPS) is 15.1. The average Bonchev–Trinajstić information content (AvgIpc) is 3.38. The number of carbonyl (C=O) groups excluding carboxylic acids is 1. The van der Waals surface area contributed by atoms with E-state index in [1.165, 1.54) is 22.3 Å². The van der Waals surface area contributed by atoms with Gasteiger partial charge >= 0.3 is 0 Å². The van der Waals surface area contributed by atoms with Gasteiger partial charge in [0.15, 0.2) is 0 Å². The van der Waals surface area contributed by atoms with E-state index in [1.807, 2.05) is 18.5 Å². The maximum Gasteiger partial charge on any atom is 0.252 e.